The van der Waals surface area contributed by atoms with Gasteiger partial charge >= 0.3 is 0 Å². The molecule has 0 atom stereocenters. The van der Waals surface area contributed by atoms with Crippen molar-refractivity contribution in [1.29, 1.82) is 0 Å². The van der Waals surface area contributed by atoms with Crippen LogP contribution in [-0.2, 0) is 6.54 Å². The molecule has 0 aliphatic carbocycles. The Balaban J connectivity index is 2.12. The molecule has 0 radical (unpaired) electrons. The Morgan fingerprint density at radius 3 is 2.42 bits per heavy atom. The van der Waals surface area contributed by atoms with Gasteiger partial charge in [-0.2, -0.15) is 0 Å². The highest BCUT2D eigenvalue weighted by Crippen LogP contribution is 2.27. The van der Waals surface area contributed by atoms with Crippen LogP contribution in [0.5, 0.6) is 0 Å². The number of nitro groups is 1. The Hall–Kier alpha value is -1.40. The van der Waals surface area contributed by atoms with Crippen LogP contribution in [0, 0.1) is 10.1 Å². The molecule has 0 aliphatic rings. The number of benzene rings is 2. The summed E-state index contributed by atoms with van der Waals surface area (Å²) >= 11 is 6.75. The summed E-state index contributed by atoms with van der Waals surface area (Å²) in [5, 5.41) is 13.9. The lowest BCUT2D eigenvalue weighted by Gasteiger charge is -2.08. The lowest BCUT2D eigenvalue weighted by molar-refractivity contribution is -0.384. The van der Waals surface area contributed by atoms with Gasteiger partial charge in [-0.25, -0.2) is 0 Å². The molecule has 19 heavy (non-hydrogen) atoms. The highest BCUT2D eigenvalue weighted by molar-refractivity contribution is 9.10. The maximum absolute atomic E-state index is 10.7. The third-order valence-corrected chi connectivity index (χ3v) is 3.78. The quantitative estimate of drug-likeness (QED) is 0.611. The fraction of sp³-hybridized carbons (Fsp3) is 0.0769. The van der Waals surface area contributed by atoms with E-state index < -0.39 is 4.92 Å². The van der Waals surface area contributed by atoms with E-state index in [9.17, 15) is 10.1 Å². The number of anilines is 1. The summed E-state index contributed by atoms with van der Waals surface area (Å²) < 4.78 is 1.82. The average Bonchev–Trinajstić information content (AvgIpc) is 2.39. The highest BCUT2D eigenvalue weighted by Gasteiger charge is 2.09. The Kier molecular flexibility index (Phi) is 4.55. The van der Waals surface area contributed by atoms with Crippen molar-refractivity contribution < 1.29 is 4.92 Å². The molecule has 0 amide bonds. The second kappa shape index (κ2) is 6.16. The molecule has 2 aromatic rings. The number of nitrogens with zero attached hydrogens (tertiary/aromatic N) is 1. The minimum absolute atomic E-state index is 0.0708. The van der Waals surface area contributed by atoms with Crippen LogP contribution < -0.4 is 5.32 Å². The molecule has 98 valence electrons. The summed E-state index contributed by atoms with van der Waals surface area (Å²) in [7, 11) is 0. The van der Waals surface area contributed by atoms with Gasteiger partial charge in [0.15, 0.2) is 0 Å². The van der Waals surface area contributed by atoms with Crippen molar-refractivity contribution in [2.24, 2.45) is 0 Å². The summed E-state index contributed by atoms with van der Waals surface area (Å²) in [4.78, 5) is 10.3. The van der Waals surface area contributed by atoms with Crippen molar-refractivity contribution in [3.05, 3.63) is 67.1 Å². The van der Waals surface area contributed by atoms with Gasteiger partial charge in [0, 0.05) is 27.6 Å². The predicted octanol–water partition coefficient (Wildman–Crippen LogP) is 4.73. The molecule has 0 bridgehead atoms. The summed E-state index contributed by atoms with van der Waals surface area (Å²) in [6.07, 6.45) is 0. The van der Waals surface area contributed by atoms with Crippen LogP contribution in [0.4, 0.5) is 11.4 Å². The predicted molar refractivity (Wildman–Crippen MR) is 82.3 cm³/mol. The van der Waals surface area contributed by atoms with E-state index in [1.807, 2.05) is 24.3 Å². The van der Waals surface area contributed by atoms with Crippen molar-refractivity contribution in [3.63, 3.8) is 0 Å². The van der Waals surface area contributed by atoms with Gasteiger partial charge in [0.2, 0.25) is 0 Å². The molecular formula is C13H10Br2N2O2. The number of halogens is 2. The van der Waals surface area contributed by atoms with Crippen LogP contribution in [0.2, 0.25) is 0 Å². The van der Waals surface area contributed by atoms with E-state index in [0.717, 1.165) is 14.5 Å². The van der Waals surface area contributed by atoms with E-state index in [1.54, 1.807) is 6.07 Å². The largest absolute Gasteiger partial charge is 0.380 e. The van der Waals surface area contributed by atoms with Gasteiger partial charge in [0.25, 0.3) is 5.69 Å². The van der Waals surface area contributed by atoms with E-state index in [4.69, 9.17) is 0 Å². The lowest BCUT2D eigenvalue weighted by Crippen LogP contribution is -2.00. The summed E-state index contributed by atoms with van der Waals surface area (Å²) in [5.41, 5.74) is 1.88. The molecule has 0 fully saturated rings. The van der Waals surface area contributed by atoms with Crippen molar-refractivity contribution in [3.8, 4) is 0 Å². The van der Waals surface area contributed by atoms with Gasteiger partial charge in [0.05, 0.1) is 10.6 Å². The first-order chi connectivity index (χ1) is 9.06. The van der Waals surface area contributed by atoms with Gasteiger partial charge in [-0.3, -0.25) is 10.1 Å². The van der Waals surface area contributed by atoms with E-state index in [0.29, 0.717) is 12.2 Å². The molecule has 0 spiro atoms. The van der Waals surface area contributed by atoms with Crippen molar-refractivity contribution in [1.82, 2.24) is 0 Å². The molecule has 0 heterocycles. The normalized spacial score (nSPS) is 10.2. The number of nitrogens with one attached hydrogen (secondary N) is 1. The van der Waals surface area contributed by atoms with Gasteiger partial charge in [-0.05, 0) is 39.7 Å². The standard InChI is InChI=1S/C13H10Br2N2O2/c14-10-3-1-9(2-4-10)8-16-13-7-11(17(18)19)5-6-12(13)15/h1-7,16H,8H2. The zero-order chi connectivity index (χ0) is 13.8. The first-order valence-electron chi connectivity index (χ1n) is 5.48. The Morgan fingerprint density at radius 1 is 1.11 bits per heavy atom. The Morgan fingerprint density at radius 2 is 1.79 bits per heavy atom. The fourth-order valence-corrected chi connectivity index (χ4v) is 2.21. The minimum atomic E-state index is -0.406. The smallest absolute Gasteiger partial charge is 0.271 e. The second-order valence-electron chi connectivity index (χ2n) is 3.90. The van der Waals surface area contributed by atoms with Crippen molar-refractivity contribution in [2.45, 2.75) is 6.54 Å². The lowest BCUT2D eigenvalue weighted by atomic mass is 10.2. The van der Waals surface area contributed by atoms with Gasteiger partial charge < -0.3 is 5.32 Å². The molecule has 6 heteroatoms. The first kappa shape index (κ1) is 14.0. The molecule has 0 aromatic heterocycles. The number of hydrogen-bond acceptors (Lipinski definition) is 3. The molecule has 0 unspecified atom stereocenters. The zero-order valence-electron chi connectivity index (χ0n) is 9.77. The second-order valence-corrected chi connectivity index (χ2v) is 5.67. The van der Waals surface area contributed by atoms with E-state index in [1.165, 1.54) is 12.1 Å². The topological polar surface area (TPSA) is 55.2 Å². The number of nitro benzene ring substituents is 1. The number of non-ortho nitro benzene ring substituents is 1. The molecule has 0 saturated carbocycles. The van der Waals surface area contributed by atoms with Gasteiger partial charge in [-0.15, -0.1) is 0 Å². The van der Waals surface area contributed by atoms with E-state index in [-0.39, 0.29) is 5.69 Å². The fourth-order valence-electron chi connectivity index (χ4n) is 1.56. The molecule has 0 aliphatic heterocycles. The molecule has 4 nitrogen and oxygen atoms in total. The minimum Gasteiger partial charge on any atom is -0.380 e. The third-order valence-electron chi connectivity index (χ3n) is 2.56. The van der Waals surface area contributed by atoms with Crippen LogP contribution >= 0.6 is 31.9 Å². The van der Waals surface area contributed by atoms with Crippen molar-refractivity contribution in [2.75, 3.05) is 5.32 Å². The van der Waals surface area contributed by atoms with Crippen molar-refractivity contribution >= 4 is 43.2 Å². The maximum atomic E-state index is 10.7. The third kappa shape index (κ3) is 3.78. The number of hydrogen-bond donors (Lipinski definition) is 1. The molecular weight excluding hydrogens is 376 g/mol. The van der Waals surface area contributed by atoms with E-state index >= 15 is 0 Å². The van der Waals surface area contributed by atoms with Crippen LogP contribution in [0.1, 0.15) is 5.56 Å². The zero-order valence-corrected chi connectivity index (χ0v) is 12.9. The van der Waals surface area contributed by atoms with Crippen LogP contribution in [0.25, 0.3) is 0 Å². The maximum Gasteiger partial charge on any atom is 0.271 e. The number of rotatable bonds is 4. The first-order valence-corrected chi connectivity index (χ1v) is 7.07. The van der Waals surface area contributed by atoms with Crippen LogP contribution in [-0.4, -0.2) is 4.92 Å². The Bertz CT molecular complexity index is 600. The van der Waals surface area contributed by atoms with Gasteiger partial charge in [0.1, 0.15) is 0 Å². The molecule has 2 rings (SSSR count). The van der Waals surface area contributed by atoms with E-state index in [2.05, 4.69) is 37.2 Å². The van der Waals surface area contributed by atoms with Crippen LogP contribution in [0.3, 0.4) is 0 Å². The summed E-state index contributed by atoms with van der Waals surface area (Å²) in [5.74, 6) is 0. The molecule has 0 saturated heterocycles. The molecule has 2 aromatic carbocycles. The van der Waals surface area contributed by atoms with Crippen LogP contribution in [0.15, 0.2) is 51.4 Å². The summed E-state index contributed by atoms with van der Waals surface area (Å²) in [6, 6.07) is 12.5. The van der Waals surface area contributed by atoms with Gasteiger partial charge in [-0.1, -0.05) is 28.1 Å². The molecule has 1 N–H and O–H groups in total. The SMILES string of the molecule is O=[N+]([O-])c1ccc(Br)c(NCc2ccc(Br)cc2)c1. The average molecular weight is 386 g/mol. The monoisotopic (exact) mass is 384 g/mol. The Labute approximate surface area is 127 Å². The highest BCUT2D eigenvalue weighted by atomic mass is 79.9. The summed E-state index contributed by atoms with van der Waals surface area (Å²) in [6.45, 7) is 0.604.